The molecule has 0 spiro atoms. The van der Waals surface area contributed by atoms with Crippen molar-refractivity contribution < 1.29 is 9.59 Å². The van der Waals surface area contributed by atoms with Crippen molar-refractivity contribution in [1.29, 1.82) is 0 Å². The zero-order chi connectivity index (χ0) is 17.8. The molecule has 25 heavy (non-hydrogen) atoms. The Morgan fingerprint density at radius 1 is 1.28 bits per heavy atom. The number of nitrogens with zero attached hydrogens (tertiary/aromatic N) is 2. The van der Waals surface area contributed by atoms with Crippen LogP contribution >= 0.6 is 0 Å². The van der Waals surface area contributed by atoms with Crippen molar-refractivity contribution in [1.82, 2.24) is 20.4 Å². The Labute approximate surface area is 146 Å². The predicted molar refractivity (Wildman–Crippen MR) is 94.8 cm³/mol. The van der Waals surface area contributed by atoms with Crippen LogP contribution in [0.3, 0.4) is 0 Å². The van der Waals surface area contributed by atoms with Crippen LogP contribution in [0.1, 0.15) is 46.1 Å². The van der Waals surface area contributed by atoms with E-state index in [0.717, 1.165) is 17.0 Å². The normalized spacial score (nSPS) is 13.3. The van der Waals surface area contributed by atoms with Crippen LogP contribution in [0, 0.1) is 0 Å². The number of hydrogen-bond donors (Lipinski definition) is 2. The van der Waals surface area contributed by atoms with Gasteiger partial charge in [0, 0.05) is 25.1 Å². The van der Waals surface area contributed by atoms with Crippen LogP contribution in [-0.4, -0.2) is 21.6 Å². The first-order valence-electron chi connectivity index (χ1n) is 8.37. The first kappa shape index (κ1) is 17.0. The van der Waals surface area contributed by atoms with E-state index in [1.807, 2.05) is 29.9 Å². The van der Waals surface area contributed by atoms with Crippen molar-refractivity contribution in [3.8, 4) is 0 Å². The lowest BCUT2D eigenvalue weighted by molar-refractivity contribution is -0.116. The van der Waals surface area contributed by atoms with Gasteiger partial charge in [-0.25, -0.2) is 0 Å². The summed E-state index contributed by atoms with van der Waals surface area (Å²) in [6, 6.07) is 9.30. The smallest absolute Gasteiger partial charge is 0.251 e. The van der Waals surface area contributed by atoms with Crippen molar-refractivity contribution in [2.45, 2.75) is 31.8 Å². The van der Waals surface area contributed by atoms with Crippen LogP contribution in [0.2, 0.25) is 0 Å². The second-order valence-electron chi connectivity index (χ2n) is 6.22. The third-order valence-corrected chi connectivity index (χ3v) is 4.32. The van der Waals surface area contributed by atoms with Gasteiger partial charge in [-0.3, -0.25) is 14.3 Å². The van der Waals surface area contributed by atoms with Gasteiger partial charge in [0.25, 0.3) is 5.91 Å². The van der Waals surface area contributed by atoms with E-state index in [-0.39, 0.29) is 18.4 Å². The zero-order valence-corrected chi connectivity index (χ0v) is 14.3. The molecule has 6 nitrogen and oxygen atoms in total. The summed E-state index contributed by atoms with van der Waals surface area (Å²) in [5.74, 6) is 0.153. The molecule has 1 aliphatic carbocycles. The number of rotatable bonds is 7. The zero-order valence-electron chi connectivity index (χ0n) is 14.3. The van der Waals surface area contributed by atoms with Crippen molar-refractivity contribution in [2.24, 2.45) is 7.05 Å². The maximum Gasteiger partial charge on any atom is 0.251 e. The molecule has 2 aromatic rings. The highest BCUT2D eigenvalue weighted by atomic mass is 16.2. The monoisotopic (exact) mass is 338 g/mol. The Morgan fingerprint density at radius 2 is 2.04 bits per heavy atom. The van der Waals surface area contributed by atoms with Crippen LogP contribution < -0.4 is 10.6 Å². The van der Waals surface area contributed by atoms with Gasteiger partial charge in [0.2, 0.25) is 5.91 Å². The van der Waals surface area contributed by atoms with E-state index in [2.05, 4.69) is 28.4 Å². The average Bonchev–Trinajstić information content (AvgIpc) is 3.41. The molecule has 130 valence electrons. The van der Waals surface area contributed by atoms with Gasteiger partial charge in [0.15, 0.2) is 0 Å². The highest BCUT2D eigenvalue weighted by Crippen LogP contribution is 2.39. The van der Waals surface area contributed by atoms with Gasteiger partial charge < -0.3 is 10.6 Å². The third kappa shape index (κ3) is 4.15. The number of aryl methyl sites for hydroxylation is 1. The molecule has 1 aliphatic rings. The molecule has 1 heterocycles. The first-order chi connectivity index (χ1) is 12.1. The van der Waals surface area contributed by atoms with Gasteiger partial charge in [0.1, 0.15) is 0 Å². The second kappa shape index (κ2) is 7.34. The van der Waals surface area contributed by atoms with Crippen molar-refractivity contribution in [3.05, 3.63) is 65.5 Å². The van der Waals surface area contributed by atoms with Gasteiger partial charge in [-0.05, 0) is 36.6 Å². The molecule has 3 rings (SSSR count). The van der Waals surface area contributed by atoms with E-state index in [9.17, 15) is 9.59 Å². The molecular formula is C19H22N4O2. The number of hydrogen-bond acceptors (Lipinski definition) is 3. The fourth-order valence-corrected chi connectivity index (χ4v) is 2.69. The van der Waals surface area contributed by atoms with E-state index in [1.165, 1.54) is 18.9 Å². The minimum atomic E-state index is -0.266. The SMILES string of the molecule is C=CC(=O)NCc1ccccc1C(=O)NCc1cc(C2CC2)nn1C. The van der Waals surface area contributed by atoms with Gasteiger partial charge in [-0.2, -0.15) is 5.10 Å². The average molecular weight is 338 g/mol. The van der Waals surface area contributed by atoms with Crippen LogP contribution in [0.5, 0.6) is 0 Å². The molecule has 0 unspecified atom stereocenters. The van der Waals surface area contributed by atoms with E-state index < -0.39 is 0 Å². The molecule has 0 aliphatic heterocycles. The van der Waals surface area contributed by atoms with Crippen LogP contribution in [0.25, 0.3) is 0 Å². The predicted octanol–water partition coefficient (Wildman–Crippen LogP) is 2.03. The quantitative estimate of drug-likeness (QED) is 0.759. The Morgan fingerprint density at radius 3 is 2.76 bits per heavy atom. The number of nitrogens with one attached hydrogen (secondary N) is 2. The van der Waals surface area contributed by atoms with E-state index in [0.29, 0.717) is 18.0 Å². The minimum absolute atomic E-state index is 0.169. The molecule has 0 radical (unpaired) electrons. The molecule has 0 saturated heterocycles. The topological polar surface area (TPSA) is 76.0 Å². The summed E-state index contributed by atoms with van der Waals surface area (Å²) in [7, 11) is 1.89. The van der Waals surface area contributed by atoms with Crippen LogP contribution in [0.4, 0.5) is 0 Å². The molecule has 1 aromatic heterocycles. The summed E-state index contributed by atoms with van der Waals surface area (Å²) in [6.07, 6.45) is 3.61. The first-order valence-corrected chi connectivity index (χ1v) is 8.37. The number of amides is 2. The van der Waals surface area contributed by atoms with Gasteiger partial charge in [0.05, 0.1) is 17.9 Å². The molecule has 1 fully saturated rings. The lowest BCUT2D eigenvalue weighted by Gasteiger charge is -2.10. The largest absolute Gasteiger partial charge is 0.348 e. The number of carbonyl (C=O) groups is 2. The summed E-state index contributed by atoms with van der Waals surface area (Å²) in [5.41, 5.74) is 3.40. The molecule has 0 bridgehead atoms. The molecule has 1 saturated carbocycles. The van der Waals surface area contributed by atoms with Crippen molar-refractivity contribution in [3.63, 3.8) is 0 Å². The fraction of sp³-hybridized carbons (Fsp3) is 0.316. The lowest BCUT2D eigenvalue weighted by Crippen LogP contribution is -2.27. The maximum atomic E-state index is 12.5. The Balaban J connectivity index is 1.64. The lowest BCUT2D eigenvalue weighted by atomic mass is 10.1. The summed E-state index contributed by atoms with van der Waals surface area (Å²) < 4.78 is 1.82. The Bertz CT molecular complexity index is 806. The molecule has 0 atom stereocenters. The molecule has 1 aromatic carbocycles. The van der Waals surface area contributed by atoms with E-state index in [1.54, 1.807) is 6.07 Å². The Kier molecular flexibility index (Phi) is 4.97. The van der Waals surface area contributed by atoms with Crippen molar-refractivity contribution in [2.75, 3.05) is 0 Å². The fourth-order valence-electron chi connectivity index (χ4n) is 2.69. The maximum absolute atomic E-state index is 12.5. The Hall–Kier alpha value is -2.89. The molecule has 2 amide bonds. The third-order valence-electron chi connectivity index (χ3n) is 4.32. The van der Waals surface area contributed by atoms with Gasteiger partial charge in [-0.1, -0.05) is 24.8 Å². The summed E-state index contributed by atoms with van der Waals surface area (Å²) in [6.45, 7) is 4.12. The van der Waals surface area contributed by atoms with Crippen LogP contribution in [0.15, 0.2) is 43.0 Å². The summed E-state index contributed by atoms with van der Waals surface area (Å²) >= 11 is 0. The van der Waals surface area contributed by atoms with Crippen molar-refractivity contribution >= 4 is 11.8 Å². The van der Waals surface area contributed by atoms with E-state index >= 15 is 0 Å². The highest BCUT2D eigenvalue weighted by molar-refractivity contribution is 5.95. The number of benzene rings is 1. The standard InChI is InChI=1S/C19H22N4O2/c1-3-18(24)20-11-14-6-4-5-7-16(14)19(25)21-12-15-10-17(13-8-9-13)22-23(15)2/h3-7,10,13H,1,8-9,11-12H2,2H3,(H,20,24)(H,21,25). The summed E-state index contributed by atoms with van der Waals surface area (Å²) in [4.78, 5) is 23.9. The van der Waals surface area contributed by atoms with Crippen LogP contribution in [-0.2, 0) is 24.9 Å². The van der Waals surface area contributed by atoms with E-state index in [4.69, 9.17) is 0 Å². The minimum Gasteiger partial charge on any atom is -0.348 e. The van der Waals surface area contributed by atoms with Gasteiger partial charge >= 0.3 is 0 Å². The second-order valence-corrected chi connectivity index (χ2v) is 6.22. The number of carbonyl (C=O) groups excluding carboxylic acids is 2. The number of aromatic nitrogens is 2. The highest BCUT2D eigenvalue weighted by Gasteiger charge is 2.26. The van der Waals surface area contributed by atoms with Gasteiger partial charge in [-0.15, -0.1) is 0 Å². The molecule has 6 heteroatoms. The summed E-state index contributed by atoms with van der Waals surface area (Å²) in [5, 5.41) is 10.1. The molecular weight excluding hydrogens is 316 g/mol. The molecule has 2 N–H and O–H groups in total.